The zero-order valence-corrected chi connectivity index (χ0v) is 7.52. The Labute approximate surface area is 73.2 Å². The molecular formula is C9H16N2O. The molecule has 3 nitrogen and oxygen atoms in total. The fourth-order valence-corrected chi connectivity index (χ4v) is 1.35. The zero-order chi connectivity index (χ0) is 9.03. The Morgan fingerprint density at radius 2 is 2.58 bits per heavy atom. The first-order valence-electron chi connectivity index (χ1n) is 4.33. The van der Waals surface area contributed by atoms with Gasteiger partial charge in [-0.25, -0.2) is 0 Å². The highest BCUT2D eigenvalue weighted by Crippen LogP contribution is 2.14. The van der Waals surface area contributed by atoms with Crippen molar-refractivity contribution in [1.29, 1.82) is 0 Å². The monoisotopic (exact) mass is 168 g/mol. The van der Waals surface area contributed by atoms with E-state index in [9.17, 15) is 4.79 Å². The van der Waals surface area contributed by atoms with Crippen molar-refractivity contribution in [3.05, 3.63) is 12.7 Å². The van der Waals surface area contributed by atoms with Crippen LogP contribution in [-0.2, 0) is 4.79 Å². The Morgan fingerprint density at radius 3 is 3.08 bits per heavy atom. The van der Waals surface area contributed by atoms with Gasteiger partial charge in [-0.3, -0.25) is 4.79 Å². The molecule has 0 aromatic rings. The van der Waals surface area contributed by atoms with Gasteiger partial charge in [0.25, 0.3) is 0 Å². The van der Waals surface area contributed by atoms with Crippen molar-refractivity contribution in [1.82, 2.24) is 10.6 Å². The molecule has 0 bridgehead atoms. The first kappa shape index (κ1) is 9.26. The van der Waals surface area contributed by atoms with E-state index in [0.29, 0.717) is 0 Å². The first-order chi connectivity index (χ1) is 5.69. The molecule has 68 valence electrons. The lowest BCUT2D eigenvalue weighted by Crippen LogP contribution is -2.48. The van der Waals surface area contributed by atoms with Crippen molar-refractivity contribution in [3.63, 3.8) is 0 Å². The fourth-order valence-electron chi connectivity index (χ4n) is 1.35. The summed E-state index contributed by atoms with van der Waals surface area (Å²) in [6, 6.07) is 0. The Hall–Kier alpha value is -0.830. The van der Waals surface area contributed by atoms with Gasteiger partial charge in [0.15, 0.2) is 0 Å². The maximum Gasteiger partial charge on any atom is 0.240 e. The van der Waals surface area contributed by atoms with Crippen molar-refractivity contribution in [2.75, 3.05) is 13.1 Å². The van der Waals surface area contributed by atoms with E-state index >= 15 is 0 Å². The summed E-state index contributed by atoms with van der Waals surface area (Å²) < 4.78 is 0. The van der Waals surface area contributed by atoms with Gasteiger partial charge in [-0.2, -0.15) is 0 Å². The molecular weight excluding hydrogens is 152 g/mol. The van der Waals surface area contributed by atoms with E-state index < -0.39 is 0 Å². The molecule has 1 saturated heterocycles. The fraction of sp³-hybridized carbons (Fsp3) is 0.667. The van der Waals surface area contributed by atoms with E-state index in [4.69, 9.17) is 0 Å². The lowest BCUT2D eigenvalue weighted by atomic mass is 10.0. The highest BCUT2D eigenvalue weighted by Gasteiger charge is 2.36. The first-order valence-corrected chi connectivity index (χ1v) is 4.33. The summed E-state index contributed by atoms with van der Waals surface area (Å²) in [6.45, 7) is 7.18. The SMILES string of the molecule is C=CCCN[C@]1(C)CCNC1=O. The Balaban J connectivity index is 2.37. The van der Waals surface area contributed by atoms with Gasteiger partial charge in [-0.1, -0.05) is 6.08 Å². The molecule has 0 unspecified atom stereocenters. The summed E-state index contributed by atoms with van der Waals surface area (Å²) in [5, 5.41) is 6.04. The number of hydrogen-bond donors (Lipinski definition) is 2. The van der Waals surface area contributed by atoms with Gasteiger partial charge in [0.1, 0.15) is 0 Å². The highest BCUT2D eigenvalue weighted by molar-refractivity contribution is 5.87. The van der Waals surface area contributed by atoms with Crippen LogP contribution < -0.4 is 10.6 Å². The molecule has 1 amide bonds. The number of nitrogens with one attached hydrogen (secondary N) is 2. The number of rotatable bonds is 4. The number of carbonyl (C=O) groups is 1. The van der Waals surface area contributed by atoms with Crippen LogP contribution in [0.1, 0.15) is 19.8 Å². The minimum atomic E-state index is -0.344. The summed E-state index contributed by atoms with van der Waals surface area (Å²) in [5.41, 5.74) is -0.344. The molecule has 1 aliphatic rings. The molecule has 3 heteroatoms. The summed E-state index contributed by atoms with van der Waals surface area (Å²) in [5.74, 6) is 0.117. The van der Waals surface area contributed by atoms with Gasteiger partial charge >= 0.3 is 0 Å². The normalized spacial score (nSPS) is 28.6. The van der Waals surface area contributed by atoms with Crippen LogP contribution in [0.5, 0.6) is 0 Å². The quantitative estimate of drug-likeness (QED) is 0.472. The largest absolute Gasteiger partial charge is 0.354 e. The minimum absolute atomic E-state index is 0.117. The van der Waals surface area contributed by atoms with Crippen LogP contribution in [0.15, 0.2) is 12.7 Å². The molecule has 0 radical (unpaired) electrons. The van der Waals surface area contributed by atoms with E-state index in [0.717, 1.165) is 25.9 Å². The second kappa shape index (κ2) is 3.72. The van der Waals surface area contributed by atoms with Crippen LogP contribution in [0.4, 0.5) is 0 Å². The van der Waals surface area contributed by atoms with Gasteiger partial charge < -0.3 is 10.6 Å². The Morgan fingerprint density at radius 1 is 1.83 bits per heavy atom. The van der Waals surface area contributed by atoms with E-state index in [-0.39, 0.29) is 11.4 Å². The zero-order valence-electron chi connectivity index (χ0n) is 7.52. The van der Waals surface area contributed by atoms with E-state index in [1.54, 1.807) is 0 Å². The standard InChI is InChI=1S/C9H16N2O/c1-3-4-6-11-9(2)5-7-10-8(9)12/h3,11H,1,4-7H2,2H3,(H,10,12)/t9-/m1/s1. The second-order valence-electron chi connectivity index (χ2n) is 3.34. The van der Waals surface area contributed by atoms with Crippen LogP contribution in [0.3, 0.4) is 0 Å². The molecule has 1 heterocycles. The van der Waals surface area contributed by atoms with Crippen LogP contribution >= 0.6 is 0 Å². The molecule has 1 rings (SSSR count). The molecule has 0 spiro atoms. The van der Waals surface area contributed by atoms with Gasteiger partial charge in [0.05, 0.1) is 5.54 Å². The Bertz CT molecular complexity index is 191. The van der Waals surface area contributed by atoms with Crippen LogP contribution in [-0.4, -0.2) is 24.5 Å². The molecule has 12 heavy (non-hydrogen) atoms. The number of hydrogen-bond acceptors (Lipinski definition) is 2. The molecule has 0 aromatic heterocycles. The Kier molecular flexibility index (Phi) is 2.87. The summed E-state index contributed by atoms with van der Waals surface area (Å²) >= 11 is 0. The smallest absolute Gasteiger partial charge is 0.240 e. The van der Waals surface area contributed by atoms with E-state index in [1.165, 1.54) is 0 Å². The average molecular weight is 168 g/mol. The van der Waals surface area contributed by atoms with Crippen molar-refractivity contribution >= 4 is 5.91 Å². The van der Waals surface area contributed by atoms with E-state index in [1.807, 2.05) is 13.0 Å². The van der Waals surface area contributed by atoms with Gasteiger partial charge in [0.2, 0.25) is 5.91 Å². The maximum atomic E-state index is 11.3. The van der Waals surface area contributed by atoms with Crippen molar-refractivity contribution < 1.29 is 4.79 Å². The van der Waals surface area contributed by atoms with Crippen LogP contribution in [0.2, 0.25) is 0 Å². The molecule has 0 aliphatic carbocycles. The predicted octanol–water partition coefficient (Wildman–Crippen LogP) is 0.431. The van der Waals surface area contributed by atoms with E-state index in [2.05, 4.69) is 17.2 Å². The van der Waals surface area contributed by atoms with Gasteiger partial charge in [-0.15, -0.1) is 6.58 Å². The molecule has 1 fully saturated rings. The number of carbonyl (C=O) groups excluding carboxylic acids is 1. The summed E-state index contributed by atoms with van der Waals surface area (Å²) in [6.07, 6.45) is 3.63. The second-order valence-corrected chi connectivity index (χ2v) is 3.34. The van der Waals surface area contributed by atoms with Gasteiger partial charge in [0, 0.05) is 6.54 Å². The molecule has 2 N–H and O–H groups in total. The summed E-state index contributed by atoms with van der Waals surface area (Å²) in [4.78, 5) is 11.3. The van der Waals surface area contributed by atoms with Crippen molar-refractivity contribution in [2.45, 2.75) is 25.3 Å². The van der Waals surface area contributed by atoms with Crippen molar-refractivity contribution in [3.8, 4) is 0 Å². The van der Waals surface area contributed by atoms with Crippen LogP contribution in [0.25, 0.3) is 0 Å². The summed E-state index contributed by atoms with van der Waals surface area (Å²) in [7, 11) is 0. The third-order valence-electron chi connectivity index (χ3n) is 2.28. The lowest BCUT2D eigenvalue weighted by Gasteiger charge is -2.21. The third kappa shape index (κ3) is 1.85. The molecule has 0 saturated carbocycles. The molecule has 1 aliphatic heterocycles. The van der Waals surface area contributed by atoms with Crippen LogP contribution in [0, 0.1) is 0 Å². The maximum absolute atomic E-state index is 11.3. The highest BCUT2D eigenvalue weighted by atomic mass is 16.2. The predicted molar refractivity (Wildman–Crippen MR) is 48.8 cm³/mol. The topological polar surface area (TPSA) is 41.1 Å². The molecule has 0 aromatic carbocycles. The van der Waals surface area contributed by atoms with Gasteiger partial charge in [-0.05, 0) is 26.3 Å². The molecule has 1 atom stereocenters. The van der Waals surface area contributed by atoms with Crippen molar-refractivity contribution in [2.24, 2.45) is 0 Å². The third-order valence-corrected chi connectivity index (χ3v) is 2.28. The minimum Gasteiger partial charge on any atom is -0.354 e. The lowest BCUT2D eigenvalue weighted by molar-refractivity contribution is -0.124. The number of amides is 1. The average Bonchev–Trinajstić information content (AvgIpc) is 2.34.